The number of nitrogens with one attached hydrogen (secondary N) is 2. The maximum Gasteiger partial charge on any atom is 0.231 e. The standard InChI is InChI=1S/C12H16.2CHNO/c1-9(2)11(4)12-8-6-5-7-10(12)3;2*2-1-3/h5-8H,1-4H3;2*2H. The fourth-order valence-corrected chi connectivity index (χ4v) is 1.26. The normalized spacial score (nSPS) is 7.33. The molecule has 0 fully saturated rings. The van der Waals surface area contributed by atoms with Gasteiger partial charge in [0.2, 0.25) is 12.2 Å². The summed E-state index contributed by atoms with van der Waals surface area (Å²) in [6, 6.07) is 8.51. The molecule has 1 rings (SSSR count). The Hall–Kier alpha value is -2.28. The van der Waals surface area contributed by atoms with E-state index >= 15 is 0 Å². The second-order valence-electron chi connectivity index (χ2n) is 3.64. The molecule has 1 aromatic rings. The number of hydrogen-bond acceptors (Lipinski definition) is 4. The highest BCUT2D eigenvalue weighted by atomic mass is 16.1. The van der Waals surface area contributed by atoms with Crippen LogP contribution in [0.2, 0.25) is 0 Å². The molecule has 0 atom stereocenters. The van der Waals surface area contributed by atoms with Gasteiger partial charge in [0, 0.05) is 0 Å². The van der Waals surface area contributed by atoms with Crippen molar-refractivity contribution in [3.63, 3.8) is 0 Å². The molecule has 0 aromatic heterocycles. The molecule has 0 amide bonds. The summed E-state index contributed by atoms with van der Waals surface area (Å²) in [6.07, 6.45) is 1.50. The Labute approximate surface area is 107 Å². The van der Waals surface area contributed by atoms with Gasteiger partial charge in [0.15, 0.2) is 0 Å². The molecular weight excluding hydrogens is 228 g/mol. The summed E-state index contributed by atoms with van der Waals surface area (Å²) in [5.74, 6) is 0. The van der Waals surface area contributed by atoms with Gasteiger partial charge in [0.25, 0.3) is 0 Å². The molecule has 0 spiro atoms. The smallest absolute Gasteiger partial charge is 0.222 e. The summed E-state index contributed by atoms with van der Waals surface area (Å²) in [5.41, 5.74) is 5.52. The van der Waals surface area contributed by atoms with Crippen molar-refractivity contribution < 1.29 is 9.59 Å². The zero-order chi connectivity index (χ0) is 14.6. The highest BCUT2D eigenvalue weighted by Gasteiger charge is 1.99. The summed E-state index contributed by atoms with van der Waals surface area (Å²) in [6.45, 7) is 8.64. The molecule has 0 saturated heterocycles. The Bertz CT molecular complexity index is 448. The maximum absolute atomic E-state index is 8.35. The molecule has 2 N–H and O–H groups in total. The predicted octanol–water partition coefficient (Wildman–Crippen LogP) is 3.61. The van der Waals surface area contributed by atoms with E-state index in [1.807, 2.05) is 0 Å². The molecule has 1 aromatic carbocycles. The maximum atomic E-state index is 8.35. The van der Waals surface area contributed by atoms with E-state index in [0.717, 1.165) is 12.2 Å². The van der Waals surface area contributed by atoms with Crippen molar-refractivity contribution in [3.8, 4) is 0 Å². The van der Waals surface area contributed by atoms with E-state index < -0.39 is 0 Å². The Kier molecular flexibility index (Phi) is 11.3. The summed E-state index contributed by atoms with van der Waals surface area (Å²) in [4.78, 5) is 16.7. The highest BCUT2D eigenvalue weighted by Crippen LogP contribution is 2.20. The van der Waals surface area contributed by atoms with Gasteiger partial charge in [-0.1, -0.05) is 29.8 Å². The number of benzene rings is 1. The van der Waals surface area contributed by atoms with Gasteiger partial charge in [0.05, 0.1) is 0 Å². The average Bonchev–Trinajstić information content (AvgIpc) is 2.30. The Balaban J connectivity index is 0. The highest BCUT2D eigenvalue weighted by molar-refractivity contribution is 5.68. The minimum atomic E-state index is 0.750. The molecule has 0 aliphatic heterocycles. The molecule has 0 aliphatic carbocycles. The van der Waals surface area contributed by atoms with Crippen LogP contribution in [-0.4, -0.2) is 12.2 Å². The van der Waals surface area contributed by atoms with Gasteiger partial charge >= 0.3 is 0 Å². The van der Waals surface area contributed by atoms with E-state index in [1.165, 1.54) is 22.3 Å². The van der Waals surface area contributed by atoms with Crippen LogP contribution in [0.1, 0.15) is 31.9 Å². The fourth-order valence-electron chi connectivity index (χ4n) is 1.26. The van der Waals surface area contributed by atoms with Gasteiger partial charge in [-0.2, -0.15) is 0 Å². The summed E-state index contributed by atoms with van der Waals surface area (Å²) >= 11 is 0. The number of aryl methyl sites for hydroxylation is 1. The van der Waals surface area contributed by atoms with E-state index in [4.69, 9.17) is 20.4 Å². The van der Waals surface area contributed by atoms with Crippen molar-refractivity contribution in [2.24, 2.45) is 0 Å². The third kappa shape index (κ3) is 7.94. The van der Waals surface area contributed by atoms with E-state index in [2.05, 4.69) is 52.0 Å². The Morgan fingerprint density at radius 3 is 1.72 bits per heavy atom. The van der Waals surface area contributed by atoms with E-state index in [-0.39, 0.29) is 0 Å². The first-order valence-corrected chi connectivity index (χ1v) is 5.24. The Morgan fingerprint density at radius 2 is 1.39 bits per heavy atom. The van der Waals surface area contributed by atoms with Gasteiger partial charge in [-0.15, -0.1) is 0 Å². The van der Waals surface area contributed by atoms with Crippen molar-refractivity contribution in [1.29, 1.82) is 10.8 Å². The van der Waals surface area contributed by atoms with E-state index in [0.29, 0.717) is 0 Å². The number of isocyanates is 2. The first kappa shape index (κ1) is 18.1. The van der Waals surface area contributed by atoms with Crippen LogP contribution in [0, 0.1) is 17.7 Å². The SMILES string of the molecule is CC(C)=C(C)c1ccccc1C.N=C=O.N=C=O. The summed E-state index contributed by atoms with van der Waals surface area (Å²) in [5, 5.41) is 10.8. The Morgan fingerprint density at radius 1 is 1.00 bits per heavy atom. The van der Waals surface area contributed by atoms with Crippen LogP contribution in [0.5, 0.6) is 0 Å². The van der Waals surface area contributed by atoms with Crippen LogP contribution in [0.3, 0.4) is 0 Å². The molecule has 18 heavy (non-hydrogen) atoms. The first-order valence-electron chi connectivity index (χ1n) is 5.24. The number of rotatable bonds is 1. The number of hydrogen-bond donors (Lipinski definition) is 2. The molecule has 0 heterocycles. The third-order valence-corrected chi connectivity index (χ3v) is 2.30. The molecule has 4 nitrogen and oxygen atoms in total. The fraction of sp³-hybridized carbons (Fsp3) is 0.286. The van der Waals surface area contributed by atoms with Crippen molar-refractivity contribution in [1.82, 2.24) is 0 Å². The summed E-state index contributed by atoms with van der Waals surface area (Å²) in [7, 11) is 0. The topological polar surface area (TPSA) is 81.8 Å². The second kappa shape index (κ2) is 11.2. The lowest BCUT2D eigenvalue weighted by molar-refractivity contribution is 0.562. The van der Waals surface area contributed by atoms with Crippen LogP contribution in [0.25, 0.3) is 5.57 Å². The van der Waals surface area contributed by atoms with E-state index in [1.54, 1.807) is 0 Å². The van der Waals surface area contributed by atoms with Crippen molar-refractivity contribution in [2.75, 3.05) is 0 Å². The lowest BCUT2D eigenvalue weighted by Crippen LogP contribution is -1.86. The van der Waals surface area contributed by atoms with Gasteiger partial charge in [0.1, 0.15) is 0 Å². The lowest BCUT2D eigenvalue weighted by atomic mass is 9.99. The van der Waals surface area contributed by atoms with Gasteiger partial charge in [-0.05, 0) is 44.4 Å². The predicted molar refractivity (Wildman–Crippen MR) is 71.9 cm³/mol. The summed E-state index contributed by atoms with van der Waals surface area (Å²) < 4.78 is 0. The van der Waals surface area contributed by atoms with Crippen molar-refractivity contribution >= 4 is 17.7 Å². The molecule has 4 heteroatoms. The van der Waals surface area contributed by atoms with Gasteiger partial charge in [-0.3, -0.25) is 0 Å². The third-order valence-electron chi connectivity index (χ3n) is 2.30. The molecule has 0 bridgehead atoms. The molecule has 0 radical (unpaired) electrons. The quantitative estimate of drug-likeness (QED) is 0.586. The minimum absolute atomic E-state index is 0.750. The van der Waals surface area contributed by atoms with Gasteiger partial charge < -0.3 is 0 Å². The lowest BCUT2D eigenvalue weighted by Gasteiger charge is -2.07. The van der Waals surface area contributed by atoms with Crippen LogP contribution in [0.4, 0.5) is 0 Å². The van der Waals surface area contributed by atoms with Crippen LogP contribution in [0.15, 0.2) is 29.8 Å². The molecule has 0 aliphatic rings. The van der Waals surface area contributed by atoms with Gasteiger partial charge in [-0.25, -0.2) is 20.4 Å². The largest absolute Gasteiger partial charge is 0.231 e. The second-order valence-corrected chi connectivity index (χ2v) is 3.64. The number of allylic oxidation sites excluding steroid dienone is 2. The average molecular weight is 246 g/mol. The molecule has 0 unspecified atom stereocenters. The number of carbonyl (C=O) groups excluding carboxylic acids is 2. The first-order chi connectivity index (χ1) is 8.45. The minimum Gasteiger partial charge on any atom is -0.222 e. The van der Waals surface area contributed by atoms with Crippen LogP contribution in [-0.2, 0) is 9.59 Å². The van der Waals surface area contributed by atoms with Crippen molar-refractivity contribution in [3.05, 3.63) is 41.0 Å². The zero-order valence-electron chi connectivity index (χ0n) is 11.1. The molecule has 0 saturated carbocycles. The van der Waals surface area contributed by atoms with E-state index in [9.17, 15) is 0 Å². The molecule has 96 valence electrons. The van der Waals surface area contributed by atoms with Crippen LogP contribution < -0.4 is 0 Å². The zero-order valence-corrected chi connectivity index (χ0v) is 11.1. The van der Waals surface area contributed by atoms with Crippen LogP contribution >= 0.6 is 0 Å². The molecular formula is C14H18N2O2. The van der Waals surface area contributed by atoms with Crippen molar-refractivity contribution in [2.45, 2.75) is 27.7 Å². The monoisotopic (exact) mass is 246 g/mol.